The zero-order valence-electron chi connectivity index (χ0n) is 12.6. The first-order chi connectivity index (χ1) is 10.2. The molecule has 0 fully saturated rings. The van der Waals surface area contributed by atoms with Gasteiger partial charge in [0.25, 0.3) is 0 Å². The lowest BCUT2D eigenvalue weighted by molar-refractivity contribution is 0.257. The number of rotatable bonds is 7. The number of nitrogens with zero attached hydrogens (tertiary/aromatic N) is 1. The molecule has 2 N–H and O–H groups in total. The summed E-state index contributed by atoms with van der Waals surface area (Å²) in [7, 11) is 0. The Bertz CT molecular complexity index is 554. The first-order valence-electron chi connectivity index (χ1n) is 7.46. The van der Waals surface area contributed by atoms with E-state index in [1.54, 1.807) is 6.07 Å². The fourth-order valence-electron chi connectivity index (χ4n) is 2.56. The van der Waals surface area contributed by atoms with Crippen molar-refractivity contribution in [1.82, 2.24) is 4.90 Å². The number of hydrogen-bond donors (Lipinski definition) is 1. The Balaban J connectivity index is 2.10. The highest BCUT2D eigenvalue weighted by molar-refractivity contribution is 5.25. The lowest BCUT2D eigenvalue weighted by Crippen LogP contribution is -2.23. The normalized spacial score (nSPS) is 11.0. The summed E-state index contributed by atoms with van der Waals surface area (Å²) >= 11 is 0. The molecule has 0 spiro atoms. The molecule has 2 nitrogen and oxygen atoms in total. The van der Waals surface area contributed by atoms with Gasteiger partial charge in [-0.1, -0.05) is 43.3 Å². The summed E-state index contributed by atoms with van der Waals surface area (Å²) in [6.07, 6.45) is 1.08. The lowest BCUT2D eigenvalue weighted by atomic mass is 10.1. The topological polar surface area (TPSA) is 29.3 Å². The van der Waals surface area contributed by atoms with Crippen molar-refractivity contribution in [3.05, 3.63) is 71.0 Å². The quantitative estimate of drug-likeness (QED) is 0.841. The molecule has 0 atom stereocenters. The van der Waals surface area contributed by atoms with Crippen molar-refractivity contribution in [1.29, 1.82) is 0 Å². The summed E-state index contributed by atoms with van der Waals surface area (Å²) in [5.41, 5.74) is 8.73. The molecule has 0 aromatic heterocycles. The summed E-state index contributed by atoms with van der Waals surface area (Å²) in [5.74, 6) is -0.205. The summed E-state index contributed by atoms with van der Waals surface area (Å²) < 4.78 is 13.6. The molecule has 0 aliphatic carbocycles. The van der Waals surface area contributed by atoms with Crippen molar-refractivity contribution in [2.45, 2.75) is 33.0 Å². The smallest absolute Gasteiger partial charge is 0.123 e. The summed E-state index contributed by atoms with van der Waals surface area (Å²) in [6, 6.07) is 15.5. The van der Waals surface area contributed by atoms with E-state index in [0.717, 1.165) is 37.2 Å². The van der Waals surface area contributed by atoms with Crippen molar-refractivity contribution >= 4 is 0 Å². The average Bonchev–Trinajstić information content (AvgIpc) is 2.48. The zero-order valence-corrected chi connectivity index (χ0v) is 12.6. The monoisotopic (exact) mass is 286 g/mol. The third kappa shape index (κ3) is 4.96. The van der Waals surface area contributed by atoms with Gasteiger partial charge < -0.3 is 5.73 Å². The third-order valence-electron chi connectivity index (χ3n) is 3.45. The second kappa shape index (κ2) is 7.91. The van der Waals surface area contributed by atoms with E-state index in [0.29, 0.717) is 6.54 Å². The Kier molecular flexibility index (Phi) is 5.90. The van der Waals surface area contributed by atoms with Gasteiger partial charge in [0.1, 0.15) is 5.82 Å². The molecule has 0 saturated heterocycles. The van der Waals surface area contributed by atoms with E-state index >= 15 is 0 Å². The Morgan fingerprint density at radius 1 is 0.952 bits per heavy atom. The highest BCUT2D eigenvalue weighted by atomic mass is 19.1. The maximum atomic E-state index is 13.6. The maximum Gasteiger partial charge on any atom is 0.123 e. The molecule has 0 aliphatic heterocycles. The molecule has 0 radical (unpaired) electrons. The predicted octanol–water partition coefficient (Wildman–Crippen LogP) is 3.70. The second-order valence-electron chi connectivity index (χ2n) is 5.37. The minimum Gasteiger partial charge on any atom is -0.326 e. The molecule has 112 valence electrons. The number of nitrogens with two attached hydrogens (primary N) is 1. The average molecular weight is 286 g/mol. The fourth-order valence-corrected chi connectivity index (χ4v) is 2.56. The van der Waals surface area contributed by atoms with Gasteiger partial charge in [0.2, 0.25) is 0 Å². The van der Waals surface area contributed by atoms with Crippen LogP contribution in [0.15, 0.2) is 48.5 Å². The van der Waals surface area contributed by atoms with Crippen molar-refractivity contribution in [3.8, 4) is 0 Å². The van der Waals surface area contributed by atoms with E-state index in [-0.39, 0.29) is 5.82 Å². The molecule has 2 rings (SSSR count). The highest BCUT2D eigenvalue weighted by Crippen LogP contribution is 2.14. The van der Waals surface area contributed by atoms with E-state index in [9.17, 15) is 4.39 Å². The third-order valence-corrected chi connectivity index (χ3v) is 3.45. The Labute approximate surface area is 126 Å². The van der Waals surface area contributed by atoms with Crippen LogP contribution in [0.1, 0.15) is 30.0 Å². The van der Waals surface area contributed by atoms with Gasteiger partial charge in [-0.3, -0.25) is 4.90 Å². The van der Waals surface area contributed by atoms with Crippen LogP contribution in [0.5, 0.6) is 0 Å². The fraction of sp³-hybridized carbons (Fsp3) is 0.333. The molecule has 2 aromatic rings. The minimum absolute atomic E-state index is 0.205. The van der Waals surface area contributed by atoms with Crippen LogP contribution in [-0.4, -0.2) is 11.4 Å². The molecule has 0 aliphatic rings. The molecule has 0 saturated carbocycles. The van der Waals surface area contributed by atoms with Crippen LogP contribution < -0.4 is 5.73 Å². The first-order valence-corrected chi connectivity index (χ1v) is 7.46. The van der Waals surface area contributed by atoms with Crippen LogP contribution in [0, 0.1) is 5.82 Å². The van der Waals surface area contributed by atoms with Gasteiger partial charge in [0, 0.05) is 19.6 Å². The second-order valence-corrected chi connectivity index (χ2v) is 5.37. The van der Waals surface area contributed by atoms with Crippen LogP contribution in [-0.2, 0) is 19.6 Å². The summed E-state index contributed by atoms with van der Waals surface area (Å²) in [5, 5.41) is 0. The molecule has 21 heavy (non-hydrogen) atoms. The molecular weight excluding hydrogens is 263 g/mol. The molecule has 0 bridgehead atoms. The Morgan fingerprint density at radius 3 is 2.29 bits per heavy atom. The molecule has 0 heterocycles. The van der Waals surface area contributed by atoms with E-state index in [4.69, 9.17) is 5.73 Å². The van der Waals surface area contributed by atoms with Gasteiger partial charge in [-0.05, 0) is 41.8 Å². The van der Waals surface area contributed by atoms with Crippen LogP contribution in [0.25, 0.3) is 0 Å². The predicted molar refractivity (Wildman–Crippen MR) is 85.1 cm³/mol. The molecule has 0 unspecified atom stereocenters. The van der Waals surface area contributed by atoms with Crippen LogP contribution >= 0.6 is 0 Å². The Hall–Kier alpha value is -1.71. The first kappa shape index (κ1) is 15.7. The maximum absolute atomic E-state index is 13.6. The van der Waals surface area contributed by atoms with Gasteiger partial charge in [0.15, 0.2) is 0 Å². The number of halogens is 1. The SMILES string of the molecule is CCCN(Cc1ccccc1)Cc1cc(F)cc(CN)c1. The van der Waals surface area contributed by atoms with Crippen molar-refractivity contribution in [3.63, 3.8) is 0 Å². The lowest BCUT2D eigenvalue weighted by Gasteiger charge is -2.22. The molecule has 0 amide bonds. The van der Waals surface area contributed by atoms with E-state index in [1.807, 2.05) is 24.3 Å². The molecule has 2 aromatic carbocycles. The van der Waals surface area contributed by atoms with Gasteiger partial charge in [-0.15, -0.1) is 0 Å². The van der Waals surface area contributed by atoms with Crippen molar-refractivity contribution in [2.75, 3.05) is 6.54 Å². The largest absolute Gasteiger partial charge is 0.326 e. The van der Waals surface area contributed by atoms with E-state index in [1.165, 1.54) is 11.6 Å². The van der Waals surface area contributed by atoms with Crippen LogP contribution in [0.2, 0.25) is 0 Å². The van der Waals surface area contributed by atoms with E-state index in [2.05, 4.69) is 24.0 Å². The zero-order chi connectivity index (χ0) is 15.1. The van der Waals surface area contributed by atoms with Crippen LogP contribution in [0.3, 0.4) is 0 Å². The Morgan fingerprint density at radius 2 is 1.62 bits per heavy atom. The van der Waals surface area contributed by atoms with Gasteiger partial charge in [-0.25, -0.2) is 4.39 Å². The van der Waals surface area contributed by atoms with Gasteiger partial charge >= 0.3 is 0 Å². The number of benzene rings is 2. The standard InChI is InChI=1S/C18H23FN2/c1-2-8-21(13-15-6-4-3-5-7-15)14-17-9-16(12-20)10-18(19)11-17/h3-7,9-11H,2,8,12-14,20H2,1H3. The molecular formula is C18H23FN2. The molecule has 3 heteroatoms. The van der Waals surface area contributed by atoms with Crippen molar-refractivity contribution < 1.29 is 4.39 Å². The van der Waals surface area contributed by atoms with Gasteiger partial charge in [-0.2, -0.15) is 0 Å². The highest BCUT2D eigenvalue weighted by Gasteiger charge is 2.08. The van der Waals surface area contributed by atoms with Gasteiger partial charge in [0.05, 0.1) is 0 Å². The number of hydrogen-bond acceptors (Lipinski definition) is 2. The van der Waals surface area contributed by atoms with Crippen LogP contribution in [0.4, 0.5) is 4.39 Å². The summed E-state index contributed by atoms with van der Waals surface area (Å²) in [4.78, 5) is 2.34. The van der Waals surface area contributed by atoms with E-state index < -0.39 is 0 Å². The summed E-state index contributed by atoms with van der Waals surface area (Å²) in [6.45, 7) is 5.14. The van der Waals surface area contributed by atoms with Crippen molar-refractivity contribution in [2.24, 2.45) is 5.73 Å². The minimum atomic E-state index is -0.205.